The van der Waals surface area contributed by atoms with Gasteiger partial charge in [-0.1, -0.05) is 17.8 Å². The largest absolute Gasteiger partial charge is 0.325 e. The third-order valence-corrected chi connectivity index (χ3v) is 5.77. The second kappa shape index (κ2) is 8.96. The second-order valence-corrected chi connectivity index (χ2v) is 7.84. The molecule has 0 atom stereocenters. The van der Waals surface area contributed by atoms with Gasteiger partial charge in [-0.05, 0) is 49.6 Å². The molecule has 0 saturated heterocycles. The van der Waals surface area contributed by atoms with E-state index >= 15 is 0 Å². The Morgan fingerprint density at radius 2 is 1.96 bits per heavy atom. The highest BCUT2D eigenvalue weighted by Gasteiger charge is 2.14. The number of hydrogen-bond acceptors (Lipinski definition) is 6. The van der Waals surface area contributed by atoms with Crippen molar-refractivity contribution in [2.45, 2.75) is 32.0 Å². The predicted molar refractivity (Wildman–Crippen MR) is 109 cm³/mol. The molecule has 0 aliphatic rings. The number of Topliss-reactive ketones (excluding diaryl/α,β-unsaturated/α-hetero) is 1. The van der Waals surface area contributed by atoms with E-state index in [0.29, 0.717) is 11.3 Å². The summed E-state index contributed by atoms with van der Waals surface area (Å²) in [5, 5.41) is 14.1. The minimum Gasteiger partial charge on any atom is -0.325 e. The molecule has 2 aromatic heterocycles. The van der Waals surface area contributed by atoms with Gasteiger partial charge in [-0.25, -0.2) is 0 Å². The summed E-state index contributed by atoms with van der Waals surface area (Å²) >= 11 is 3.06. The third kappa shape index (κ3) is 5.05. The Labute approximate surface area is 166 Å². The molecule has 2 heterocycles. The van der Waals surface area contributed by atoms with E-state index in [-0.39, 0.29) is 17.4 Å². The minimum absolute atomic E-state index is 0.000636. The number of aromatic nitrogens is 3. The highest BCUT2D eigenvalue weighted by molar-refractivity contribution is 7.99. The number of carbonyl (C=O) groups is 2. The number of rotatable bonds is 8. The molecule has 0 fully saturated rings. The van der Waals surface area contributed by atoms with E-state index in [9.17, 15) is 9.59 Å². The van der Waals surface area contributed by atoms with Gasteiger partial charge in [-0.2, -0.15) is 0 Å². The van der Waals surface area contributed by atoms with Crippen molar-refractivity contribution in [3.63, 3.8) is 0 Å². The lowest BCUT2D eigenvalue weighted by Crippen LogP contribution is -2.15. The summed E-state index contributed by atoms with van der Waals surface area (Å²) in [7, 11) is 0. The van der Waals surface area contributed by atoms with Crippen LogP contribution in [-0.4, -0.2) is 32.2 Å². The normalized spacial score (nSPS) is 10.7. The molecule has 0 bridgehead atoms. The second-order valence-electron chi connectivity index (χ2n) is 5.87. The van der Waals surface area contributed by atoms with Crippen LogP contribution in [0.15, 0.2) is 46.9 Å². The fourth-order valence-corrected chi connectivity index (χ4v) is 4.08. The van der Waals surface area contributed by atoms with Crippen LogP contribution in [0.25, 0.3) is 0 Å². The maximum absolute atomic E-state index is 12.2. The molecule has 1 aromatic carbocycles. The summed E-state index contributed by atoms with van der Waals surface area (Å²) in [4.78, 5) is 24.7. The van der Waals surface area contributed by atoms with Crippen LogP contribution < -0.4 is 5.32 Å². The zero-order valence-electron chi connectivity index (χ0n) is 15.1. The molecule has 3 aromatic rings. The van der Waals surface area contributed by atoms with Gasteiger partial charge in [0.1, 0.15) is 5.82 Å². The van der Waals surface area contributed by atoms with Crippen LogP contribution in [0.2, 0.25) is 0 Å². The molecule has 6 nitrogen and oxygen atoms in total. The lowest BCUT2D eigenvalue weighted by Gasteiger charge is -2.08. The number of benzene rings is 1. The number of thioether (sulfide) groups is 1. The lowest BCUT2D eigenvalue weighted by molar-refractivity contribution is -0.113. The van der Waals surface area contributed by atoms with Crippen LogP contribution in [-0.2, 0) is 17.8 Å². The van der Waals surface area contributed by atoms with Gasteiger partial charge in [-0.15, -0.1) is 21.5 Å². The molecular formula is C19H20N4O2S2. The van der Waals surface area contributed by atoms with Crippen molar-refractivity contribution in [1.82, 2.24) is 14.8 Å². The van der Waals surface area contributed by atoms with Gasteiger partial charge < -0.3 is 9.88 Å². The average Bonchev–Trinajstić information content (AvgIpc) is 3.30. The summed E-state index contributed by atoms with van der Waals surface area (Å²) in [6, 6.07) is 11.0. The number of thiophene rings is 1. The molecule has 0 aliphatic heterocycles. The molecule has 0 unspecified atom stereocenters. The summed E-state index contributed by atoms with van der Waals surface area (Å²) in [6.45, 7) is 4.31. The Balaban J connectivity index is 1.58. The highest BCUT2D eigenvalue weighted by Crippen LogP contribution is 2.21. The smallest absolute Gasteiger partial charge is 0.234 e. The van der Waals surface area contributed by atoms with E-state index < -0.39 is 0 Å². The van der Waals surface area contributed by atoms with Crippen molar-refractivity contribution in [3.05, 3.63) is 58.0 Å². The maximum atomic E-state index is 12.2. The Kier molecular flexibility index (Phi) is 6.41. The van der Waals surface area contributed by atoms with Gasteiger partial charge >= 0.3 is 0 Å². The van der Waals surface area contributed by atoms with Gasteiger partial charge in [0.25, 0.3) is 0 Å². The summed E-state index contributed by atoms with van der Waals surface area (Å²) < 4.78 is 2.04. The Hall–Kier alpha value is -2.45. The minimum atomic E-state index is -0.124. The van der Waals surface area contributed by atoms with Crippen molar-refractivity contribution in [3.8, 4) is 0 Å². The van der Waals surface area contributed by atoms with E-state index in [1.165, 1.54) is 23.6 Å². The third-order valence-electron chi connectivity index (χ3n) is 3.93. The Morgan fingerprint density at radius 1 is 1.19 bits per heavy atom. The number of nitrogens with one attached hydrogen (secondary N) is 1. The summed E-state index contributed by atoms with van der Waals surface area (Å²) in [5.74, 6) is 1.02. The standard InChI is InChI=1S/C19H20N4O2S2/c1-3-23-17(11-16-5-4-10-26-16)21-22-19(23)27-12-18(25)20-15-8-6-14(7-9-15)13(2)24/h4-10H,3,11-12H2,1-2H3,(H,20,25). The zero-order chi connectivity index (χ0) is 19.2. The fraction of sp³-hybridized carbons (Fsp3) is 0.263. The molecule has 0 spiro atoms. The first kappa shape index (κ1) is 19.3. The van der Waals surface area contributed by atoms with Crippen LogP contribution in [0.3, 0.4) is 0 Å². The number of carbonyl (C=O) groups excluding carboxylic acids is 2. The Bertz CT molecular complexity index is 918. The van der Waals surface area contributed by atoms with Crippen molar-refractivity contribution in [2.24, 2.45) is 0 Å². The highest BCUT2D eigenvalue weighted by atomic mass is 32.2. The molecule has 8 heteroatoms. The number of amides is 1. The molecule has 1 amide bonds. The van der Waals surface area contributed by atoms with E-state index in [2.05, 4.69) is 21.6 Å². The topological polar surface area (TPSA) is 76.9 Å². The molecular weight excluding hydrogens is 380 g/mol. The van der Waals surface area contributed by atoms with Gasteiger partial charge in [0.05, 0.1) is 5.75 Å². The van der Waals surface area contributed by atoms with E-state index in [0.717, 1.165) is 23.9 Å². The van der Waals surface area contributed by atoms with Gasteiger partial charge in [0, 0.05) is 29.1 Å². The van der Waals surface area contributed by atoms with Crippen molar-refractivity contribution >= 4 is 40.5 Å². The first-order valence-corrected chi connectivity index (χ1v) is 10.4. The first-order valence-electron chi connectivity index (χ1n) is 8.55. The van der Waals surface area contributed by atoms with E-state index in [4.69, 9.17) is 0 Å². The van der Waals surface area contributed by atoms with Crippen LogP contribution in [0.1, 0.15) is 34.9 Å². The summed E-state index contributed by atoms with van der Waals surface area (Å²) in [5.41, 5.74) is 1.29. The molecule has 3 rings (SSSR count). The number of hydrogen-bond donors (Lipinski definition) is 1. The molecule has 1 N–H and O–H groups in total. The first-order chi connectivity index (χ1) is 13.1. The molecule has 0 saturated carbocycles. The fourth-order valence-electron chi connectivity index (χ4n) is 2.56. The molecule has 0 radical (unpaired) electrons. The molecule has 0 aliphatic carbocycles. The zero-order valence-corrected chi connectivity index (χ0v) is 16.8. The van der Waals surface area contributed by atoms with E-state index in [1.54, 1.807) is 35.6 Å². The monoisotopic (exact) mass is 400 g/mol. The van der Waals surface area contributed by atoms with Crippen LogP contribution >= 0.6 is 23.1 Å². The van der Waals surface area contributed by atoms with Crippen molar-refractivity contribution < 1.29 is 9.59 Å². The predicted octanol–water partition coefficient (Wildman–Crippen LogP) is 3.88. The van der Waals surface area contributed by atoms with Gasteiger partial charge in [-0.3, -0.25) is 9.59 Å². The molecule has 140 valence electrons. The molecule has 27 heavy (non-hydrogen) atoms. The van der Waals surface area contributed by atoms with Crippen LogP contribution in [0.4, 0.5) is 5.69 Å². The van der Waals surface area contributed by atoms with Crippen molar-refractivity contribution in [1.29, 1.82) is 0 Å². The van der Waals surface area contributed by atoms with Crippen molar-refractivity contribution in [2.75, 3.05) is 11.1 Å². The Morgan fingerprint density at radius 3 is 2.59 bits per heavy atom. The lowest BCUT2D eigenvalue weighted by atomic mass is 10.1. The number of anilines is 1. The van der Waals surface area contributed by atoms with E-state index in [1.807, 2.05) is 22.9 Å². The average molecular weight is 401 g/mol. The summed E-state index contributed by atoms with van der Waals surface area (Å²) in [6.07, 6.45) is 0.744. The maximum Gasteiger partial charge on any atom is 0.234 e. The van der Waals surface area contributed by atoms with Gasteiger partial charge in [0.2, 0.25) is 5.91 Å². The van der Waals surface area contributed by atoms with Crippen LogP contribution in [0, 0.1) is 0 Å². The number of nitrogens with zero attached hydrogens (tertiary/aromatic N) is 3. The quantitative estimate of drug-likeness (QED) is 0.459. The SMILES string of the molecule is CCn1c(Cc2cccs2)nnc1SCC(=O)Nc1ccc(C(C)=O)cc1. The number of ketones is 1. The van der Waals surface area contributed by atoms with Gasteiger partial charge in [0.15, 0.2) is 10.9 Å². The van der Waals surface area contributed by atoms with Crippen LogP contribution in [0.5, 0.6) is 0 Å².